The van der Waals surface area contributed by atoms with Gasteiger partial charge in [-0.3, -0.25) is 14.2 Å². The van der Waals surface area contributed by atoms with Gasteiger partial charge < -0.3 is 21.0 Å². The number of amides is 1. The third kappa shape index (κ3) is 4.40. The molecule has 3 N–H and O–H groups in total. The highest BCUT2D eigenvalue weighted by Crippen LogP contribution is 2.38. The van der Waals surface area contributed by atoms with Gasteiger partial charge in [0.1, 0.15) is 0 Å². The van der Waals surface area contributed by atoms with Gasteiger partial charge in [0.15, 0.2) is 0 Å². The molecular weight excluding hydrogens is 434 g/mol. The van der Waals surface area contributed by atoms with Gasteiger partial charge in [-0.25, -0.2) is 4.79 Å². The van der Waals surface area contributed by atoms with Crippen molar-refractivity contribution in [3.05, 3.63) is 38.5 Å². The predicted octanol–water partition coefficient (Wildman–Crippen LogP) is 0.697. The first-order valence-electron chi connectivity index (χ1n) is 11.9. The van der Waals surface area contributed by atoms with E-state index >= 15 is 0 Å². The largest absolute Gasteiger partial charge is 0.371 e. The fraction of sp³-hybridized carbons (Fsp3) is 0.583. The Morgan fingerprint density at radius 2 is 2.06 bits per heavy atom. The molecule has 34 heavy (non-hydrogen) atoms. The lowest BCUT2D eigenvalue weighted by Gasteiger charge is -2.33. The van der Waals surface area contributed by atoms with Crippen LogP contribution in [0.4, 0.5) is 5.69 Å². The van der Waals surface area contributed by atoms with Crippen molar-refractivity contribution in [3.8, 4) is 6.07 Å². The molecule has 4 rings (SSSR count). The number of nitrogens with one attached hydrogen (secondary N) is 1. The SMILES string of the molecule is CC(=O)NCC(C1CCN(c2ccc3c(=O)n(N)c(=O)n(C4CC4)c3c2C)C1)N(C)CCC#N. The third-order valence-corrected chi connectivity index (χ3v) is 7.23. The molecule has 1 aromatic heterocycles. The van der Waals surface area contributed by atoms with E-state index in [2.05, 4.69) is 21.2 Å². The summed E-state index contributed by atoms with van der Waals surface area (Å²) >= 11 is 0. The van der Waals surface area contributed by atoms with Crippen LogP contribution in [0, 0.1) is 24.2 Å². The number of likely N-dealkylation sites (N-methyl/N-ethyl adjacent to an activating group) is 1. The number of rotatable bonds is 8. The highest BCUT2D eigenvalue weighted by atomic mass is 16.2. The van der Waals surface area contributed by atoms with Crippen molar-refractivity contribution in [2.75, 3.05) is 44.0 Å². The van der Waals surface area contributed by atoms with E-state index in [1.54, 1.807) is 10.6 Å². The van der Waals surface area contributed by atoms with Crippen LogP contribution >= 0.6 is 0 Å². The molecule has 2 heterocycles. The second kappa shape index (κ2) is 9.50. The van der Waals surface area contributed by atoms with Crippen molar-refractivity contribution in [1.29, 1.82) is 5.26 Å². The lowest BCUT2D eigenvalue weighted by molar-refractivity contribution is -0.119. The summed E-state index contributed by atoms with van der Waals surface area (Å²) in [5, 5.41) is 12.4. The fourth-order valence-electron chi connectivity index (χ4n) is 5.26. The van der Waals surface area contributed by atoms with Gasteiger partial charge in [0.25, 0.3) is 5.56 Å². The van der Waals surface area contributed by atoms with E-state index in [4.69, 9.17) is 11.1 Å². The molecule has 0 spiro atoms. The van der Waals surface area contributed by atoms with Gasteiger partial charge in [-0.15, -0.1) is 0 Å². The summed E-state index contributed by atoms with van der Waals surface area (Å²) in [6.45, 7) is 6.28. The van der Waals surface area contributed by atoms with Gasteiger partial charge >= 0.3 is 5.69 Å². The number of aromatic nitrogens is 2. The molecule has 2 aliphatic rings. The summed E-state index contributed by atoms with van der Waals surface area (Å²) in [6, 6.07) is 6.12. The second-order valence-corrected chi connectivity index (χ2v) is 9.55. The average Bonchev–Trinajstić information content (AvgIpc) is 3.53. The molecule has 0 radical (unpaired) electrons. The number of hydrogen-bond donors (Lipinski definition) is 2. The number of carbonyl (C=O) groups excluding carboxylic acids is 1. The minimum absolute atomic E-state index is 0.0671. The van der Waals surface area contributed by atoms with Gasteiger partial charge in [0.2, 0.25) is 5.91 Å². The van der Waals surface area contributed by atoms with Gasteiger partial charge in [0, 0.05) is 57.3 Å². The molecule has 182 valence electrons. The minimum atomic E-state index is -0.472. The first-order valence-corrected chi connectivity index (χ1v) is 11.9. The third-order valence-electron chi connectivity index (χ3n) is 7.23. The van der Waals surface area contributed by atoms with Gasteiger partial charge in [-0.1, -0.05) is 0 Å². The van der Waals surface area contributed by atoms with E-state index in [1.165, 1.54) is 6.92 Å². The Morgan fingerprint density at radius 1 is 1.32 bits per heavy atom. The number of nitrogens with two attached hydrogens (primary N) is 1. The van der Waals surface area contributed by atoms with Crippen molar-refractivity contribution < 1.29 is 4.79 Å². The van der Waals surface area contributed by atoms with Crippen LogP contribution in [0.3, 0.4) is 0 Å². The average molecular weight is 468 g/mol. The molecule has 1 saturated heterocycles. The first kappa shape index (κ1) is 23.8. The summed E-state index contributed by atoms with van der Waals surface area (Å²) in [6.07, 6.45) is 3.19. The molecular formula is C24H33N7O3. The number of carbonyl (C=O) groups is 1. The quantitative estimate of drug-likeness (QED) is 0.547. The van der Waals surface area contributed by atoms with Crippen molar-refractivity contribution in [2.45, 2.75) is 51.6 Å². The molecule has 2 aromatic rings. The Bertz CT molecular complexity index is 1250. The van der Waals surface area contributed by atoms with Crippen LogP contribution in [0.2, 0.25) is 0 Å². The van der Waals surface area contributed by atoms with Crippen LogP contribution < -0.4 is 27.3 Å². The standard InChI is InChI=1S/C24H33N7O3/c1-15-20(8-7-19-22(15)30(18-5-6-18)24(34)31(26)23(19)33)29-12-9-17(14-29)21(13-27-16(2)32)28(3)11-4-10-25/h7-8,17-18,21H,4-6,9,11-14,26H2,1-3H3,(H,27,32). The Morgan fingerprint density at radius 3 is 2.71 bits per heavy atom. The van der Waals surface area contributed by atoms with E-state index in [0.29, 0.717) is 36.3 Å². The maximum atomic E-state index is 12.8. The molecule has 2 unspecified atom stereocenters. The summed E-state index contributed by atoms with van der Waals surface area (Å²) in [5.41, 5.74) is 1.67. The Balaban J connectivity index is 1.66. The fourth-order valence-corrected chi connectivity index (χ4v) is 5.26. The number of aryl methyl sites for hydroxylation is 1. The second-order valence-electron chi connectivity index (χ2n) is 9.55. The molecule has 1 amide bonds. The number of nitrogens with zero attached hydrogens (tertiary/aromatic N) is 5. The number of benzene rings is 1. The first-order chi connectivity index (χ1) is 16.2. The van der Waals surface area contributed by atoms with E-state index < -0.39 is 11.2 Å². The van der Waals surface area contributed by atoms with Crippen molar-refractivity contribution >= 4 is 22.5 Å². The van der Waals surface area contributed by atoms with Crippen LogP contribution in [-0.4, -0.2) is 59.3 Å². The maximum Gasteiger partial charge on any atom is 0.350 e. The molecule has 2 fully saturated rings. The molecule has 1 aliphatic heterocycles. The number of hydrogen-bond acceptors (Lipinski definition) is 7. The zero-order valence-corrected chi connectivity index (χ0v) is 20.1. The number of anilines is 1. The molecule has 1 aromatic carbocycles. The van der Waals surface area contributed by atoms with Crippen LogP contribution in [0.1, 0.15) is 44.2 Å². The molecule has 1 aliphatic carbocycles. The Hall–Kier alpha value is -3.32. The monoisotopic (exact) mass is 467 g/mol. The molecule has 10 heteroatoms. The van der Waals surface area contributed by atoms with Crippen LogP contribution in [0.15, 0.2) is 21.7 Å². The van der Waals surface area contributed by atoms with Crippen molar-refractivity contribution in [3.63, 3.8) is 0 Å². The van der Waals surface area contributed by atoms with E-state index in [9.17, 15) is 14.4 Å². The summed E-state index contributed by atoms with van der Waals surface area (Å²) in [7, 11) is 2.00. The topological polar surface area (TPSA) is 129 Å². The van der Waals surface area contributed by atoms with Crippen LogP contribution in [0.5, 0.6) is 0 Å². The zero-order valence-electron chi connectivity index (χ0n) is 20.1. The highest BCUT2D eigenvalue weighted by molar-refractivity contribution is 5.87. The van der Waals surface area contributed by atoms with E-state index in [1.807, 2.05) is 20.0 Å². The molecule has 10 nitrogen and oxygen atoms in total. The number of nitriles is 1. The van der Waals surface area contributed by atoms with Crippen LogP contribution in [-0.2, 0) is 4.79 Å². The van der Waals surface area contributed by atoms with E-state index in [-0.39, 0.29) is 18.0 Å². The van der Waals surface area contributed by atoms with E-state index in [0.717, 1.165) is 48.3 Å². The molecule has 1 saturated carbocycles. The zero-order chi connectivity index (χ0) is 24.6. The minimum Gasteiger partial charge on any atom is -0.371 e. The Kier molecular flexibility index (Phi) is 6.66. The normalized spacial score (nSPS) is 18.9. The summed E-state index contributed by atoms with van der Waals surface area (Å²) in [5.74, 6) is 6.03. The smallest absolute Gasteiger partial charge is 0.350 e. The highest BCUT2D eigenvalue weighted by Gasteiger charge is 2.34. The lowest BCUT2D eigenvalue weighted by Crippen LogP contribution is -2.47. The molecule has 2 atom stereocenters. The van der Waals surface area contributed by atoms with Crippen molar-refractivity contribution in [1.82, 2.24) is 19.5 Å². The predicted molar refractivity (Wildman–Crippen MR) is 131 cm³/mol. The summed E-state index contributed by atoms with van der Waals surface area (Å²) < 4.78 is 2.41. The molecule has 0 bridgehead atoms. The van der Waals surface area contributed by atoms with Gasteiger partial charge in [-0.2, -0.15) is 9.94 Å². The summed E-state index contributed by atoms with van der Waals surface area (Å²) in [4.78, 5) is 41.6. The maximum absolute atomic E-state index is 12.8. The van der Waals surface area contributed by atoms with Crippen molar-refractivity contribution in [2.24, 2.45) is 5.92 Å². The number of nitrogen functional groups attached to an aromatic ring is 1. The number of fused-ring (bicyclic) bond motifs is 1. The lowest BCUT2D eigenvalue weighted by atomic mass is 9.97. The van der Waals surface area contributed by atoms with Crippen LogP contribution in [0.25, 0.3) is 10.9 Å². The van der Waals surface area contributed by atoms with Gasteiger partial charge in [-0.05, 0) is 56.8 Å². The van der Waals surface area contributed by atoms with Gasteiger partial charge in [0.05, 0.1) is 17.0 Å². The Labute approximate surface area is 198 Å².